The Morgan fingerprint density at radius 3 is 2.86 bits per heavy atom. The van der Waals surface area contributed by atoms with Crippen LogP contribution in [0.3, 0.4) is 0 Å². The molecule has 5 heteroatoms. The molecule has 0 unspecified atom stereocenters. The van der Waals surface area contributed by atoms with Crippen molar-refractivity contribution in [3.8, 4) is 0 Å². The van der Waals surface area contributed by atoms with Gasteiger partial charge in [0.1, 0.15) is 11.6 Å². The number of hydrogen-bond donors (Lipinski definition) is 1. The molecule has 1 aliphatic carbocycles. The topological polar surface area (TPSA) is 45.8 Å². The summed E-state index contributed by atoms with van der Waals surface area (Å²) in [7, 11) is 0. The minimum atomic E-state index is -0.375. The Morgan fingerprint density at radius 2 is 2.05 bits per heavy atom. The first-order valence-corrected chi connectivity index (χ1v) is 7.57. The van der Waals surface area contributed by atoms with Crippen LogP contribution in [0.15, 0.2) is 23.0 Å². The van der Waals surface area contributed by atoms with Crippen LogP contribution in [0, 0.1) is 5.82 Å². The SMILES string of the molecule is O=c1[nH]c(Cc2c(F)cccc2Cl)nc2c1CCCCC2. The van der Waals surface area contributed by atoms with Gasteiger partial charge in [-0.2, -0.15) is 0 Å². The van der Waals surface area contributed by atoms with Crippen molar-refractivity contribution in [1.29, 1.82) is 0 Å². The fourth-order valence-corrected chi connectivity index (χ4v) is 3.01. The van der Waals surface area contributed by atoms with Gasteiger partial charge < -0.3 is 4.98 Å². The van der Waals surface area contributed by atoms with E-state index in [1.54, 1.807) is 12.1 Å². The number of rotatable bonds is 2. The molecule has 1 N–H and O–H groups in total. The second-order valence-corrected chi connectivity index (χ2v) is 5.78. The van der Waals surface area contributed by atoms with E-state index in [0.717, 1.165) is 43.4 Å². The number of aromatic amines is 1. The summed E-state index contributed by atoms with van der Waals surface area (Å²) < 4.78 is 13.8. The second kappa shape index (κ2) is 5.98. The van der Waals surface area contributed by atoms with Crippen molar-refractivity contribution in [2.75, 3.05) is 0 Å². The largest absolute Gasteiger partial charge is 0.310 e. The van der Waals surface area contributed by atoms with Crippen molar-refractivity contribution >= 4 is 11.6 Å². The van der Waals surface area contributed by atoms with E-state index in [9.17, 15) is 9.18 Å². The number of fused-ring (bicyclic) bond motifs is 1. The Morgan fingerprint density at radius 1 is 1.24 bits per heavy atom. The van der Waals surface area contributed by atoms with Crippen molar-refractivity contribution < 1.29 is 4.39 Å². The molecule has 0 radical (unpaired) electrons. The molecule has 0 atom stereocenters. The summed E-state index contributed by atoms with van der Waals surface area (Å²) in [6.45, 7) is 0. The number of hydrogen-bond acceptors (Lipinski definition) is 2. The third-order valence-electron chi connectivity index (χ3n) is 3.90. The number of benzene rings is 1. The fraction of sp³-hybridized carbons (Fsp3) is 0.375. The first-order chi connectivity index (χ1) is 10.1. The Kier molecular flexibility index (Phi) is 4.06. The summed E-state index contributed by atoms with van der Waals surface area (Å²) in [6, 6.07) is 4.57. The molecule has 1 aromatic carbocycles. The summed E-state index contributed by atoms with van der Waals surface area (Å²) in [5.41, 5.74) is 1.93. The predicted octanol–water partition coefficient (Wildman–Crippen LogP) is 3.42. The smallest absolute Gasteiger partial charge is 0.254 e. The van der Waals surface area contributed by atoms with E-state index in [2.05, 4.69) is 9.97 Å². The van der Waals surface area contributed by atoms with Gasteiger partial charge in [0.2, 0.25) is 0 Å². The molecule has 1 aliphatic rings. The van der Waals surface area contributed by atoms with E-state index >= 15 is 0 Å². The van der Waals surface area contributed by atoms with Crippen LogP contribution in [-0.2, 0) is 19.3 Å². The first-order valence-electron chi connectivity index (χ1n) is 7.19. The first kappa shape index (κ1) is 14.3. The molecule has 21 heavy (non-hydrogen) atoms. The van der Waals surface area contributed by atoms with E-state index in [0.29, 0.717) is 16.4 Å². The molecule has 110 valence electrons. The fourth-order valence-electron chi connectivity index (χ4n) is 2.78. The van der Waals surface area contributed by atoms with E-state index in [4.69, 9.17) is 11.6 Å². The van der Waals surface area contributed by atoms with Gasteiger partial charge in [-0.25, -0.2) is 9.37 Å². The van der Waals surface area contributed by atoms with E-state index in [1.165, 1.54) is 6.07 Å². The lowest BCUT2D eigenvalue weighted by molar-refractivity contribution is 0.611. The maximum atomic E-state index is 13.8. The van der Waals surface area contributed by atoms with Gasteiger partial charge in [0.05, 0.1) is 5.69 Å². The maximum Gasteiger partial charge on any atom is 0.254 e. The van der Waals surface area contributed by atoms with Crippen LogP contribution < -0.4 is 5.56 Å². The highest BCUT2D eigenvalue weighted by Gasteiger charge is 2.16. The van der Waals surface area contributed by atoms with Gasteiger partial charge in [-0.3, -0.25) is 4.79 Å². The molecule has 0 amide bonds. The van der Waals surface area contributed by atoms with Crippen molar-refractivity contribution in [3.63, 3.8) is 0 Å². The predicted molar refractivity (Wildman–Crippen MR) is 80.3 cm³/mol. The minimum absolute atomic E-state index is 0.0932. The summed E-state index contributed by atoms with van der Waals surface area (Å²) in [5.74, 6) is 0.104. The van der Waals surface area contributed by atoms with E-state index in [-0.39, 0.29) is 17.8 Å². The summed E-state index contributed by atoms with van der Waals surface area (Å²) in [6.07, 6.45) is 4.98. The van der Waals surface area contributed by atoms with Crippen LogP contribution in [0.1, 0.15) is 41.9 Å². The minimum Gasteiger partial charge on any atom is -0.310 e. The highest BCUT2D eigenvalue weighted by molar-refractivity contribution is 6.31. The quantitative estimate of drug-likeness (QED) is 0.864. The van der Waals surface area contributed by atoms with Crippen molar-refractivity contribution in [1.82, 2.24) is 9.97 Å². The number of aryl methyl sites for hydroxylation is 1. The summed E-state index contributed by atoms with van der Waals surface area (Å²) in [4.78, 5) is 19.5. The highest BCUT2D eigenvalue weighted by atomic mass is 35.5. The number of aromatic nitrogens is 2. The number of halogens is 2. The zero-order chi connectivity index (χ0) is 14.8. The molecular weight excluding hydrogens is 291 g/mol. The molecule has 0 saturated heterocycles. The van der Waals surface area contributed by atoms with Gasteiger partial charge in [0.15, 0.2) is 0 Å². The normalized spacial score (nSPS) is 14.6. The Balaban J connectivity index is 1.99. The standard InChI is InChI=1S/C16H16ClFN2O/c17-12-6-4-7-13(18)11(12)9-15-19-14-8-3-1-2-5-10(14)16(21)20-15/h4,6-7H,1-3,5,8-9H2,(H,19,20,21). The molecule has 0 saturated carbocycles. The Hall–Kier alpha value is -1.68. The lowest BCUT2D eigenvalue weighted by atomic mass is 10.1. The average Bonchev–Trinajstić information content (AvgIpc) is 2.69. The lowest BCUT2D eigenvalue weighted by Crippen LogP contribution is -2.20. The molecule has 3 nitrogen and oxygen atoms in total. The van der Waals surface area contributed by atoms with E-state index < -0.39 is 0 Å². The van der Waals surface area contributed by atoms with Crippen LogP contribution in [0.2, 0.25) is 5.02 Å². The molecule has 0 fully saturated rings. The summed E-state index contributed by atoms with van der Waals surface area (Å²) in [5, 5.41) is 0.354. The Labute approximate surface area is 127 Å². The highest BCUT2D eigenvalue weighted by Crippen LogP contribution is 2.22. The molecule has 1 heterocycles. The van der Waals surface area contributed by atoms with Crippen molar-refractivity contribution in [3.05, 3.63) is 62.0 Å². The zero-order valence-electron chi connectivity index (χ0n) is 11.6. The average molecular weight is 307 g/mol. The van der Waals surface area contributed by atoms with Gasteiger partial charge in [-0.05, 0) is 37.8 Å². The lowest BCUT2D eigenvalue weighted by Gasteiger charge is -2.09. The number of nitrogens with zero attached hydrogens (tertiary/aromatic N) is 1. The Bertz CT molecular complexity index is 706. The van der Waals surface area contributed by atoms with Crippen molar-refractivity contribution in [2.24, 2.45) is 0 Å². The third-order valence-corrected chi connectivity index (χ3v) is 4.25. The third kappa shape index (κ3) is 3.00. The van der Waals surface area contributed by atoms with Gasteiger partial charge in [-0.15, -0.1) is 0 Å². The monoisotopic (exact) mass is 306 g/mol. The van der Waals surface area contributed by atoms with Crippen LogP contribution in [0.4, 0.5) is 4.39 Å². The maximum absolute atomic E-state index is 13.8. The van der Waals surface area contributed by atoms with Crippen LogP contribution in [-0.4, -0.2) is 9.97 Å². The van der Waals surface area contributed by atoms with Gasteiger partial charge in [0.25, 0.3) is 5.56 Å². The van der Waals surface area contributed by atoms with Gasteiger partial charge in [0, 0.05) is 22.6 Å². The van der Waals surface area contributed by atoms with Crippen molar-refractivity contribution in [2.45, 2.75) is 38.5 Å². The molecule has 0 bridgehead atoms. The van der Waals surface area contributed by atoms with Gasteiger partial charge >= 0.3 is 0 Å². The van der Waals surface area contributed by atoms with Crippen LogP contribution >= 0.6 is 11.6 Å². The van der Waals surface area contributed by atoms with Crippen LogP contribution in [0.5, 0.6) is 0 Å². The molecule has 1 aromatic heterocycles. The van der Waals surface area contributed by atoms with E-state index in [1.807, 2.05) is 0 Å². The molecule has 0 spiro atoms. The number of H-pyrrole nitrogens is 1. The van der Waals surface area contributed by atoms with Gasteiger partial charge in [-0.1, -0.05) is 24.1 Å². The second-order valence-electron chi connectivity index (χ2n) is 5.38. The van der Waals surface area contributed by atoms with Crippen LogP contribution in [0.25, 0.3) is 0 Å². The summed E-state index contributed by atoms with van der Waals surface area (Å²) >= 11 is 6.03. The molecule has 2 aromatic rings. The molecule has 0 aliphatic heterocycles. The number of nitrogens with one attached hydrogen (secondary N) is 1. The molecule has 3 rings (SSSR count). The molecular formula is C16H16ClFN2O. The zero-order valence-corrected chi connectivity index (χ0v) is 12.3.